The zero-order chi connectivity index (χ0) is 20.4. The summed E-state index contributed by atoms with van der Waals surface area (Å²) < 4.78 is 13.8. The third-order valence-electron chi connectivity index (χ3n) is 4.75. The predicted octanol–water partition coefficient (Wildman–Crippen LogP) is 1.72. The Morgan fingerprint density at radius 2 is 2.00 bits per heavy atom. The number of nitrogens with zero attached hydrogens (tertiary/aromatic N) is 3. The average Bonchev–Trinajstić information content (AvgIpc) is 3.16. The molecule has 9 heteroatoms. The standard InChI is InChI=1S/C20H19FN6O2/c1-27-16-9-5-4-8-14(16)22-11-15(20(27)29)23-19(28)18-24-17(25-26-18)10-12-6-2-3-7-13(12)21/h2-9,15,22H,10-11H2,1H3,(H,23,28)(H,24,25,26)/t15-/m0/s1. The highest BCUT2D eigenvalue weighted by Gasteiger charge is 2.30. The number of rotatable bonds is 4. The molecular weight excluding hydrogens is 375 g/mol. The molecule has 148 valence electrons. The predicted molar refractivity (Wildman–Crippen MR) is 105 cm³/mol. The topological polar surface area (TPSA) is 103 Å². The monoisotopic (exact) mass is 394 g/mol. The molecule has 1 aromatic heterocycles. The number of benzene rings is 2. The van der Waals surface area contributed by atoms with Crippen molar-refractivity contribution in [3.63, 3.8) is 0 Å². The van der Waals surface area contributed by atoms with Crippen LogP contribution in [-0.2, 0) is 11.2 Å². The van der Waals surface area contributed by atoms with E-state index < -0.39 is 11.9 Å². The highest BCUT2D eigenvalue weighted by atomic mass is 19.1. The van der Waals surface area contributed by atoms with Gasteiger partial charge in [0.15, 0.2) is 0 Å². The summed E-state index contributed by atoms with van der Waals surface area (Å²) in [4.78, 5) is 30.9. The maximum absolute atomic E-state index is 13.8. The number of likely N-dealkylation sites (N-methyl/N-ethyl adjacent to an activating group) is 1. The molecule has 0 spiro atoms. The van der Waals surface area contributed by atoms with Crippen LogP contribution < -0.4 is 15.5 Å². The fraction of sp³-hybridized carbons (Fsp3) is 0.200. The van der Waals surface area contributed by atoms with E-state index in [0.717, 1.165) is 11.4 Å². The van der Waals surface area contributed by atoms with E-state index in [0.29, 0.717) is 11.4 Å². The number of anilines is 2. The summed E-state index contributed by atoms with van der Waals surface area (Å²) in [5, 5.41) is 12.4. The second-order valence-electron chi connectivity index (χ2n) is 6.70. The molecule has 2 aromatic carbocycles. The van der Waals surface area contributed by atoms with Crippen LogP contribution in [0.1, 0.15) is 22.0 Å². The van der Waals surface area contributed by atoms with E-state index in [1.807, 2.05) is 24.3 Å². The fourth-order valence-electron chi connectivity index (χ4n) is 3.20. The van der Waals surface area contributed by atoms with Gasteiger partial charge in [0.25, 0.3) is 11.8 Å². The Balaban J connectivity index is 1.45. The normalized spacial score (nSPS) is 16.0. The number of halogens is 1. The van der Waals surface area contributed by atoms with Crippen LogP contribution in [0.4, 0.5) is 15.8 Å². The Labute approximate surface area is 166 Å². The number of aromatic amines is 1. The second kappa shape index (κ2) is 7.70. The van der Waals surface area contributed by atoms with Gasteiger partial charge in [-0.15, -0.1) is 5.10 Å². The molecule has 0 saturated heterocycles. The van der Waals surface area contributed by atoms with E-state index in [2.05, 4.69) is 25.8 Å². The summed E-state index contributed by atoms with van der Waals surface area (Å²) >= 11 is 0. The fourth-order valence-corrected chi connectivity index (χ4v) is 3.20. The molecular formula is C20H19FN6O2. The molecule has 0 bridgehead atoms. The Hall–Kier alpha value is -3.75. The van der Waals surface area contributed by atoms with Crippen molar-refractivity contribution in [2.24, 2.45) is 0 Å². The molecule has 0 aliphatic carbocycles. The van der Waals surface area contributed by atoms with Crippen LogP contribution in [0.25, 0.3) is 0 Å². The first kappa shape index (κ1) is 18.6. The molecule has 2 heterocycles. The molecule has 8 nitrogen and oxygen atoms in total. The van der Waals surface area contributed by atoms with E-state index >= 15 is 0 Å². The Morgan fingerprint density at radius 3 is 2.83 bits per heavy atom. The molecule has 1 aliphatic rings. The maximum atomic E-state index is 13.8. The highest BCUT2D eigenvalue weighted by Crippen LogP contribution is 2.27. The number of aromatic nitrogens is 3. The lowest BCUT2D eigenvalue weighted by molar-refractivity contribution is -0.119. The Kier molecular flexibility index (Phi) is 4.94. The molecule has 0 saturated carbocycles. The highest BCUT2D eigenvalue weighted by molar-refractivity contribution is 6.04. The lowest BCUT2D eigenvalue weighted by Crippen LogP contribution is -2.49. The number of H-pyrrole nitrogens is 1. The molecule has 2 amide bonds. The van der Waals surface area contributed by atoms with Gasteiger partial charge in [-0.2, -0.15) is 0 Å². The maximum Gasteiger partial charge on any atom is 0.291 e. The average molecular weight is 394 g/mol. The first-order valence-corrected chi connectivity index (χ1v) is 9.09. The summed E-state index contributed by atoms with van der Waals surface area (Å²) in [5.41, 5.74) is 1.99. The summed E-state index contributed by atoms with van der Waals surface area (Å²) in [6, 6.07) is 12.9. The first-order chi connectivity index (χ1) is 14.0. The van der Waals surface area contributed by atoms with Crippen molar-refractivity contribution >= 4 is 23.2 Å². The van der Waals surface area contributed by atoms with E-state index in [-0.39, 0.29) is 30.5 Å². The van der Waals surface area contributed by atoms with Crippen LogP contribution in [0.15, 0.2) is 48.5 Å². The zero-order valence-corrected chi connectivity index (χ0v) is 15.6. The quantitative estimate of drug-likeness (QED) is 0.625. The van der Waals surface area contributed by atoms with Crippen LogP contribution in [0.5, 0.6) is 0 Å². The van der Waals surface area contributed by atoms with Crippen molar-refractivity contribution in [1.82, 2.24) is 20.5 Å². The van der Waals surface area contributed by atoms with Gasteiger partial charge in [-0.1, -0.05) is 30.3 Å². The van der Waals surface area contributed by atoms with Gasteiger partial charge in [-0.05, 0) is 23.8 Å². The van der Waals surface area contributed by atoms with Gasteiger partial charge < -0.3 is 15.5 Å². The molecule has 29 heavy (non-hydrogen) atoms. The third kappa shape index (κ3) is 3.79. The van der Waals surface area contributed by atoms with Crippen molar-refractivity contribution in [3.8, 4) is 0 Å². The number of nitrogens with one attached hydrogen (secondary N) is 3. The summed E-state index contributed by atoms with van der Waals surface area (Å²) in [6.07, 6.45) is 0.176. The van der Waals surface area contributed by atoms with Crippen molar-refractivity contribution < 1.29 is 14.0 Å². The molecule has 1 atom stereocenters. The SMILES string of the molecule is CN1C(=O)[C@@H](NC(=O)c2n[nH]c(Cc3ccccc3F)n2)CNc2ccccc21. The summed E-state index contributed by atoms with van der Waals surface area (Å²) in [7, 11) is 1.66. The van der Waals surface area contributed by atoms with Crippen LogP contribution in [0.3, 0.4) is 0 Å². The lowest BCUT2D eigenvalue weighted by Gasteiger charge is -2.20. The van der Waals surface area contributed by atoms with E-state index in [4.69, 9.17) is 0 Å². The van der Waals surface area contributed by atoms with Gasteiger partial charge in [0.2, 0.25) is 5.82 Å². The van der Waals surface area contributed by atoms with Gasteiger partial charge in [0.1, 0.15) is 17.7 Å². The summed E-state index contributed by atoms with van der Waals surface area (Å²) in [5.74, 6) is -0.935. The van der Waals surface area contributed by atoms with Crippen molar-refractivity contribution in [1.29, 1.82) is 0 Å². The largest absolute Gasteiger partial charge is 0.381 e. The molecule has 0 fully saturated rings. The number of carbonyl (C=O) groups excluding carboxylic acids is 2. The number of hydrogen-bond acceptors (Lipinski definition) is 5. The van der Waals surface area contributed by atoms with Crippen molar-refractivity contribution in [3.05, 3.63) is 71.6 Å². The number of carbonyl (C=O) groups is 2. The van der Waals surface area contributed by atoms with Crippen LogP contribution in [0, 0.1) is 5.82 Å². The minimum Gasteiger partial charge on any atom is -0.381 e. The molecule has 0 unspecified atom stereocenters. The number of hydrogen-bond donors (Lipinski definition) is 3. The Bertz CT molecular complexity index is 1070. The molecule has 1 aliphatic heterocycles. The summed E-state index contributed by atoms with van der Waals surface area (Å²) in [6.45, 7) is 0.235. The van der Waals surface area contributed by atoms with Gasteiger partial charge in [0.05, 0.1) is 11.4 Å². The van der Waals surface area contributed by atoms with Gasteiger partial charge >= 0.3 is 0 Å². The molecule has 0 radical (unpaired) electrons. The molecule has 4 rings (SSSR count). The van der Waals surface area contributed by atoms with Crippen LogP contribution in [-0.4, -0.2) is 46.6 Å². The molecule has 3 N–H and O–H groups in total. The number of fused-ring (bicyclic) bond motifs is 1. The minimum absolute atomic E-state index is 0.103. The number of amides is 2. The minimum atomic E-state index is -0.784. The van der Waals surface area contributed by atoms with Crippen molar-refractivity contribution in [2.75, 3.05) is 23.8 Å². The van der Waals surface area contributed by atoms with Gasteiger partial charge in [0, 0.05) is 20.0 Å². The van der Waals surface area contributed by atoms with E-state index in [1.54, 1.807) is 25.2 Å². The molecule has 3 aromatic rings. The van der Waals surface area contributed by atoms with Gasteiger partial charge in [-0.3, -0.25) is 14.7 Å². The smallest absolute Gasteiger partial charge is 0.291 e. The second-order valence-corrected chi connectivity index (χ2v) is 6.70. The van der Waals surface area contributed by atoms with E-state index in [9.17, 15) is 14.0 Å². The first-order valence-electron chi connectivity index (χ1n) is 9.09. The van der Waals surface area contributed by atoms with Crippen molar-refractivity contribution in [2.45, 2.75) is 12.5 Å². The Morgan fingerprint density at radius 1 is 1.24 bits per heavy atom. The third-order valence-corrected chi connectivity index (χ3v) is 4.75. The van der Waals surface area contributed by atoms with Gasteiger partial charge in [-0.25, -0.2) is 9.37 Å². The zero-order valence-electron chi connectivity index (χ0n) is 15.6. The lowest BCUT2D eigenvalue weighted by atomic mass is 10.1. The number of para-hydroxylation sites is 2. The van der Waals surface area contributed by atoms with Crippen LogP contribution >= 0.6 is 0 Å². The van der Waals surface area contributed by atoms with E-state index in [1.165, 1.54) is 11.0 Å². The van der Waals surface area contributed by atoms with Crippen LogP contribution in [0.2, 0.25) is 0 Å².